The number of ether oxygens (including phenoxy) is 2. The average molecular weight is 655 g/mol. The van der Waals surface area contributed by atoms with Crippen LogP contribution in [0.15, 0.2) is 77.0 Å². The van der Waals surface area contributed by atoms with Gasteiger partial charge in [0.1, 0.15) is 17.4 Å². The number of imide groups is 2. The molecule has 3 N–H and O–H groups in total. The molecule has 248 valence electrons. The largest absolute Gasteiger partial charge is 0.483 e. The lowest BCUT2D eigenvalue weighted by Crippen LogP contribution is -2.54. The molecule has 1 saturated heterocycles. The number of hydrogen-bond donors (Lipinski definition) is 3. The van der Waals surface area contributed by atoms with E-state index in [1.165, 1.54) is 18.2 Å². The average Bonchev–Trinajstić information content (AvgIpc) is 3.29. The Morgan fingerprint density at radius 1 is 0.917 bits per heavy atom. The smallest absolute Gasteiger partial charge is 0.407 e. The first-order valence-electron chi connectivity index (χ1n) is 15.2. The molecule has 3 aromatic carbocycles. The molecule has 5 rings (SSSR count). The van der Waals surface area contributed by atoms with Gasteiger partial charge in [-0.15, -0.1) is 0 Å². The molecule has 1 atom stereocenters. The Morgan fingerprint density at radius 3 is 2.23 bits per heavy atom. The van der Waals surface area contributed by atoms with Crippen LogP contribution in [0.2, 0.25) is 0 Å². The molecule has 0 saturated carbocycles. The Bertz CT molecular complexity index is 1780. The van der Waals surface area contributed by atoms with Gasteiger partial charge in [-0.05, 0) is 87.7 Å². The van der Waals surface area contributed by atoms with E-state index in [0.29, 0.717) is 30.0 Å². The predicted octanol–water partition coefficient (Wildman–Crippen LogP) is 4.59. The van der Waals surface area contributed by atoms with Gasteiger partial charge in [-0.2, -0.15) is 10.2 Å². The summed E-state index contributed by atoms with van der Waals surface area (Å²) in [7, 11) is 0. The van der Waals surface area contributed by atoms with Crippen LogP contribution in [-0.2, 0) is 25.5 Å². The number of alkyl carbamates (subject to hydrolysis) is 1. The van der Waals surface area contributed by atoms with Gasteiger partial charge in [-0.1, -0.05) is 18.2 Å². The minimum absolute atomic E-state index is 0.00415. The molecule has 14 nitrogen and oxygen atoms in total. The maximum absolute atomic E-state index is 13.2. The van der Waals surface area contributed by atoms with Crippen molar-refractivity contribution in [1.82, 2.24) is 15.5 Å². The molecule has 0 bridgehead atoms. The summed E-state index contributed by atoms with van der Waals surface area (Å²) in [6.45, 7) is 5.40. The predicted molar refractivity (Wildman–Crippen MR) is 172 cm³/mol. The Morgan fingerprint density at radius 2 is 1.58 bits per heavy atom. The van der Waals surface area contributed by atoms with Crippen LogP contribution < -0.4 is 20.7 Å². The van der Waals surface area contributed by atoms with Crippen molar-refractivity contribution in [3.63, 3.8) is 0 Å². The zero-order chi connectivity index (χ0) is 34.4. The molecule has 0 aliphatic carbocycles. The van der Waals surface area contributed by atoms with E-state index in [9.17, 15) is 28.8 Å². The number of fused-ring (bicyclic) bond motifs is 1. The van der Waals surface area contributed by atoms with Gasteiger partial charge in [0, 0.05) is 18.7 Å². The number of nitrogens with one attached hydrogen (secondary N) is 3. The van der Waals surface area contributed by atoms with Crippen molar-refractivity contribution in [3.05, 3.63) is 83.4 Å². The van der Waals surface area contributed by atoms with Gasteiger partial charge >= 0.3 is 6.09 Å². The molecule has 6 amide bonds. The molecule has 0 radical (unpaired) electrons. The number of amides is 6. The number of benzene rings is 3. The quantitative estimate of drug-likeness (QED) is 0.209. The van der Waals surface area contributed by atoms with E-state index in [1.54, 1.807) is 45.0 Å². The molecule has 2 aliphatic rings. The monoisotopic (exact) mass is 654 g/mol. The first-order chi connectivity index (χ1) is 22.9. The number of anilines is 1. The Balaban J connectivity index is 1.10. The number of rotatable bonds is 10. The van der Waals surface area contributed by atoms with E-state index in [1.807, 2.05) is 24.3 Å². The van der Waals surface area contributed by atoms with Crippen molar-refractivity contribution in [1.29, 1.82) is 0 Å². The number of carbonyl (C=O) groups excluding carboxylic acids is 6. The Labute approximate surface area is 275 Å². The van der Waals surface area contributed by atoms with Gasteiger partial charge in [0.2, 0.25) is 11.8 Å². The summed E-state index contributed by atoms with van der Waals surface area (Å²) in [5.41, 5.74) is 2.14. The first-order valence-corrected chi connectivity index (χ1v) is 15.2. The number of carbonyl (C=O) groups is 6. The fourth-order valence-electron chi connectivity index (χ4n) is 5.02. The summed E-state index contributed by atoms with van der Waals surface area (Å²) in [6, 6.07) is 17.4. The normalized spacial score (nSPS) is 16.1. The van der Waals surface area contributed by atoms with Crippen molar-refractivity contribution >= 4 is 52.7 Å². The van der Waals surface area contributed by atoms with Gasteiger partial charge in [0.25, 0.3) is 17.7 Å². The van der Waals surface area contributed by atoms with Gasteiger partial charge in [0.05, 0.1) is 22.5 Å². The Hall–Kier alpha value is -5.92. The molecular weight excluding hydrogens is 620 g/mol. The molecule has 1 fully saturated rings. The number of piperidine rings is 1. The molecule has 0 aromatic heterocycles. The highest BCUT2D eigenvalue weighted by Gasteiger charge is 2.46. The third kappa shape index (κ3) is 8.26. The van der Waals surface area contributed by atoms with Gasteiger partial charge in [-0.25, -0.2) is 4.79 Å². The zero-order valence-corrected chi connectivity index (χ0v) is 26.6. The van der Waals surface area contributed by atoms with E-state index in [-0.39, 0.29) is 29.7 Å². The minimum Gasteiger partial charge on any atom is -0.483 e. The van der Waals surface area contributed by atoms with Gasteiger partial charge < -0.3 is 20.1 Å². The van der Waals surface area contributed by atoms with Crippen LogP contribution in [0, 0.1) is 0 Å². The number of hydrogen-bond acceptors (Lipinski definition) is 10. The lowest BCUT2D eigenvalue weighted by molar-refractivity contribution is -0.136. The molecule has 0 spiro atoms. The van der Waals surface area contributed by atoms with E-state index >= 15 is 0 Å². The third-order valence-electron chi connectivity index (χ3n) is 7.24. The lowest BCUT2D eigenvalue weighted by Gasteiger charge is -2.27. The van der Waals surface area contributed by atoms with E-state index < -0.39 is 53.9 Å². The molecule has 1 unspecified atom stereocenters. The summed E-state index contributed by atoms with van der Waals surface area (Å²) in [5.74, 6) is -3.06. The number of azo groups is 1. The first kappa shape index (κ1) is 33.4. The second kappa shape index (κ2) is 14.2. The van der Waals surface area contributed by atoms with Crippen LogP contribution in [0.1, 0.15) is 59.9 Å². The van der Waals surface area contributed by atoms with Crippen molar-refractivity contribution in [2.75, 3.05) is 18.5 Å². The fourth-order valence-corrected chi connectivity index (χ4v) is 5.02. The fraction of sp³-hybridized carbons (Fsp3) is 0.294. The highest BCUT2D eigenvalue weighted by molar-refractivity contribution is 6.24. The van der Waals surface area contributed by atoms with Crippen LogP contribution in [-0.4, -0.2) is 65.3 Å². The van der Waals surface area contributed by atoms with Crippen LogP contribution in [0.5, 0.6) is 5.75 Å². The van der Waals surface area contributed by atoms with Crippen LogP contribution in [0.4, 0.5) is 21.9 Å². The van der Waals surface area contributed by atoms with Crippen LogP contribution in [0.3, 0.4) is 0 Å². The second-order valence-electron chi connectivity index (χ2n) is 12.1. The van der Waals surface area contributed by atoms with Crippen LogP contribution in [0.25, 0.3) is 0 Å². The second-order valence-corrected chi connectivity index (χ2v) is 12.1. The molecule has 3 aromatic rings. The summed E-state index contributed by atoms with van der Waals surface area (Å²) in [6.07, 6.45) is 0.202. The van der Waals surface area contributed by atoms with Crippen molar-refractivity contribution in [2.45, 2.75) is 51.7 Å². The zero-order valence-electron chi connectivity index (χ0n) is 26.6. The van der Waals surface area contributed by atoms with E-state index in [0.717, 1.165) is 10.5 Å². The lowest BCUT2D eigenvalue weighted by atomic mass is 10.0. The standard InChI is InChI=1S/C34H34N6O8/c1-34(2,3)48-33(46)35-18-17-20-7-9-22(10-8-20)38-39-23-13-11-21(12-14-23)36-28(42)19-47-26-6-4-5-24-29(26)32(45)40(31(24)44)25-15-16-27(41)37-30(25)43/h4-14,25H,15-19H2,1-3H3,(H,35,46)(H,36,42)(H,37,41,43)/b39-38+. The highest BCUT2D eigenvalue weighted by Crippen LogP contribution is 2.33. The van der Waals surface area contributed by atoms with Crippen LogP contribution >= 0.6 is 0 Å². The van der Waals surface area contributed by atoms with Crippen molar-refractivity contribution in [3.8, 4) is 5.75 Å². The molecular formula is C34H34N6O8. The van der Waals surface area contributed by atoms with E-state index in [4.69, 9.17) is 9.47 Å². The topological polar surface area (TPSA) is 185 Å². The summed E-state index contributed by atoms with van der Waals surface area (Å²) < 4.78 is 10.9. The highest BCUT2D eigenvalue weighted by atomic mass is 16.6. The molecule has 2 heterocycles. The summed E-state index contributed by atoms with van der Waals surface area (Å²) in [5, 5.41) is 16.0. The summed E-state index contributed by atoms with van der Waals surface area (Å²) in [4.78, 5) is 75.3. The van der Waals surface area contributed by atoms with Gasteiger partial charge in [0.15, 0.2) is 6.61 Å². The maximum atomic E-state index is 13.2. The molecule has 48 heavy (non-hydrogen) atoms. The summed E-state index contributed by atoms with van der Waals surface area (Å²) >= 11 is 0. The minimum atomic E-state index is -1.11. The molecule has 2 aliphatic heterocycles. The molecule has 14 heteroatoms. The van der Waals surface area contributed by atoms with Crippen molar-refractivity contribution in [2.24, 2.45) is 10.2 Å². The van der Waals surface area contributed by atoms with Gasteiger partial charge in [-0.3, -0.25) is 34.2 Å². The van der Waals surface area contributed by atoms with Crippen molar-refractivity contribution < 1.29 is 38.2 Å². The maximum Gasteiger partial charge on any atom is 0.407 e. The SMILES string of the molecule is CC(C)(C)OC(=O)NCCc1ccc(/N=N/c2ccc(NC(=O)COc3cccc4c3C(=O)N(C3CCC(=O)NC3=O)C4=O)cc2)cc1. The third-order valence-corrected chi connectivity index (χ3v) is 7.24. The Kier molecular flexibility index (Phi) is 9.92. The number of nitrogens with zero attached hydrogens (tertiary/aromatic N) is 3. The van der Waals surface area contributed by atoms with E-state index in [2.05, 4.69) is 26.2 Å².